The van der Waals surface area contributed by atoms with Gasteiger partial charge in [0, 0.05) is 32.0 Å². The Bertz CT molecular complexity index is 699. The Morgan fingerprint density at radius 1 is 0.792 bits per heavy atom. The fraction of sp³-hybridized carbons (Fsp3) is 0.200. The summed E-state index contributed by atoms with van der Waals surface area (Å²) in [5.74, 6) is 0. The number of aromatic nitrogens is 2. The Morgan fingerprint density at radius 3 is 1.96 bits per heavy atom. The highest BCUT2D eigenvalue weighted by Crippen LogP contribution is 2.06. The van der Waals surface area contributed by atoms with Gasteiger partial charge in [0.25, 0.3) is 0 Å². The van der Waals surface area contributed by atoms with Crippen LogP contribution in [0.3, 0.4) is 0 Å². The molecule has 3 aromatic rings. The smallest absolute Gasteiger partial charge is 0.0541 e. The lowest BCUT2D eigenvalue weighted by Crippen LogP contribution is -2.14. The molecule has 0 aliphatic carbocycles. The van der Waals surface area contributed by atoms with Gasteiger partial charge in [0.2, 0.25) is 0 Å². The molecule has 0 saturated carbocycles. The number of nitrogens with one attached hydrogen (secondary N) is 1. The van der Waals surface area contributed by atoms with Crippen LogP contribution in [0.2, 0.25) is 0 Å². The summed E-state index contributed by atoms with van der Waals surface area (Å²) in [5, 5.41) is 3.40. The van der Waals surface area contributed by atoms with E-state index < -0.39 is 0 Å². The van der Waals surface area contributed by atoms with E-state index in [1.165, 1.54) is 11.1 Å². The van der Waals surface area contributed by atoms with E-state index in [2.05, 4.69) is 46.5 Å². The molecule has 0 spiro atoms. The third-order valence-corrected chi connectivity index (χ3v) is 3.54. The Morgan fingerprint density at radius 2 is 1.42 bits per heavy atom. The summed E-state index contributed by atoms with van der Waals surface area (Å²) in [6.07, 6.45) is 3.56. The highest BCUT2D eigenvalue weighted by molar-refractivity contribution is 5.25. The van der Waals surface area contributed by atoms with Crippen LogP contribution in [0.5, 0.6) is 0 Å². The van der Waals surface area contributed by atoms with Crippen LogP contribution < -0.4 is 11.1 Å². The van der Waals surface area contributed by atoms with Crippen LogP contribution in [-0.4, -0.2) is 9.97 Å². The number of rotatable bonds is 5. The van der Waals surface area contributed by atoms with Gasteiger partial charge in [-0.2, -0.15) is 0 Å². The minimum atomic E-state index is 0.529. The van der Waals surface area contributed by atoms with E-state index in [1.807, 2.05) is 42.6 Å². The molecule has 0 fully saturated rings. The largest absolute Gasteiger partial charge is 0.325 e. The molecule has 24 heavy (non-hydrogen) atoms. The van der Waals surface area contributed by atoms with Crippen LogP contribution >= 0.6 is 0 Å². The zero-order valence-electron chi connectivity index (χ0n) is 14.0. The molecule has 0 aliphatic rings. The predicted octanol–water partition coefficient (Wildman–Crippen LogP) is 3.22. The Balaban J connectivity index is 0.000000219. The van der Waals surface area contributed by atoms with Gasteiger partial charge < -0.3 is 11.1 Å². The van der Waals surface area contributed by atoms with Crippen molar-refractivity contribution in [1.82, 2.24) is 15.3 Å². The summed E-state index contributed by atoms with van der Waals surface area (Å²) in [5.41, 5.74) is 9.98. The first kappa shape index (κ1) is 17.8. The first-order valence-corrected chi connectivity index (χ1v) is 8.04. The van der Waals surface area contributed by atoms with E-state index in [-0.39, 0.29) is 0 Å². The molecule has 1 aromatic carbocycles. The van der Waals surface area contributed by atoms with E-state index in [9.17, 15) is 0 Å². The Kier molecular flexibility index (Phi) is 7.60. The highest BCUT2D eigenvalue weighted by atomic mass is 14.9. The topological polar surface area (TPSA) is 63.8 Å². The second-order valence-corrected chi connectivity index (χ2v) is 5.38. The van der Waals surface area contributed by atoms with Crippen molar-refractivity contribution in [3.63, 3.8) is 0 Å². The van der Waals surface area contributed by atoms with E-state index in [0.29, 0.717) is 6.54 Å². The Labute approximate surface area is 143 Å². The Hall–Kier alpha value is -2.56. The molecule has 4 heteroatoms. The standard InChI is InChI=1S/C14H16N2.C6H8N2/c1-12-6-2-3-7-13(12)10-15-11-14-8-4-5-9-16-14;7-5-6-3-1-2-4-8-6/h2-9,15H,10-11H2,1H3;1-4H,5,7H2. The third kappa shape index (κ3) is 6.28. The molecule has 2 aromatic heterocycles. The third-order valence-electron chi connectivity index (χ3n) is 3.54. The summed E-state index contributed by atoms with van der Waals surface area (Å²) >= 11 is 0. The molecule has 3 N–H and O–H groups in total. The monoisotopic (exact) mass is 320 g/mol. The lowest BCUT2D eigenvalue weighted by atomic mass is 10.1. The number of benzene rings is 1. The minimum Gasteiger partial charge on any atom is -0.325 e. The normalized spacial score (nSPS) is 9.92. The lowest BCUT2D eigenvalue weighted by Gasteiger charge is -2.06. The van der Waals surface area contributed by atoms with Gasteiger partial charge in [-0.3, -0.25) is 9.97 Å². The number of hydrogen-bond donors (Lipinski definition) is 2. The van der Waals surface area contributed by atoms with Gasteiger partial charge >= 0.3 is 0 Å². The molecule has 0 radical (unpaired) electrons. The quantitative estimate of drug-likeness (QED) is 0.757. The van der Waals surface area contributed by atoms with Gasteiger partial charge in [-0.15, -0.1) is 0 Å². The second kappa shape index (κ2) is 10.3. The summed E-state index contributed by atoms with van der Waals surface area (Å²) < 4.78 is 0. The molecular weight excluding hydrogens is 296 g/mol. The number of pyridine rings is 2. The van der Waals surface area contributed by atoms with Crippen LogP contribution in [0, 0.1) is 6.92 Å². The minimum absolute atomic E-state index is 0.529. The molecule has 0 saturated heterocycles. The molecule has 3 rings (SSSR count). The van der Waals surface area contributed by atoms with Crippen LogP contribution in [0.25, 0.3) is 0 Å². The van der Waals surface area contributed by atoms with Crippen molar-refractivity contribution in [3.05, 3.63) is 95.6 Å². The predicted molar refractivity (Wildman–Crippen MR) is 98.1 cm³/mol. The summed E-state index contributed by atoms with van der Waals surface area (Å²) in [6, 6.07) is 20.1. The maximum atomic E-state index is 5.29. The van der Waals surface area contributed by atoms with Gasteiger partial charge in [0.15, 0.2) is 0 Å². The highest BCUT2D eigenvalue weighted by Gasteiger charge is 1.97. The maximum Gasteiger partial charge on any atom is 0.0541 e. The number of hydrogen-bond acceptors (Lipinski definition) is 4. The molecule has 0 unspecified atom stereocenters. The van der Waals surface area contributed by atoms with Crippen molar-refractivity contribution < 1.29 is 0 Å². The molecule has 0 bridgehead atoms. The van der Waals surface area contributed by atoms with Crippen LogP contribution in [-0.2, 0) is 19.6 Å². The van der Waals surface area contributed by atoms with Gasteiger partial charge in [-0.1, -0.05) is 36.4 Å². The van der Waals surface area contributed by atoms with E-state index >= 15 is 0 Å². The van der Waals surface area contributed by atoms with Crippen molar-refractivity contribution in [1.29, 1.82) is 0 Å². The lowest BCUT2D eigenvalue weighted by molar-refractivity contribution is 0.677. The van der Waals surface area contributed by atoms with Gasteiger partial charge in [-0.25, -0.2) is 0 Å². The molecule has 0 aliphatic heterocycles. The summed E-state index contributed by atoms with van der Waals surface area (Å²) in [6.45, 7) is 4.37. The molecule has 4 nitrogen and oxygen atoms in total. The van der Waals surface area contributed by atoms with E-state index in [0.717, 1.165) is 24.5 Å². The van der Waals surface area contributed by atoms with Crippen LogP contribution in [0.1, 0.15) is 22.5 Å². The average molecular weight is 320 g/mol. The van der Waals surface area contributed by atoms with Crippen molar-refractivity contribution in [3.8, 4) is 0 Å². The zero-order chi connectivity index (χ0) is 17.0. The number of nitrogens with zero attached hydrogens (tertiary/aromatic N) is 2. The molecule has 2 heterocycles. The molecular formula is C20H24N4. The van der Waals surface area contributed by atoms with Crippen molar-refractivity contribution >= 4 is 0 Å². The van der Waals surface area contributed by atoms with E-state index in [4.69, 9.17) is 5.73 Å². The summed E-state index contributed by atoms with van der Waals surface area (Å²) in [4.78, 5) is 8.24. The van der Waals surface area contributed by atoms with Crippen molar-refractivity contribution in [2.24, 2.45) is 5.73 Å². The van der Waals surface area contributed by atoms with Gasteiger partial charge in [0.1, 0.15) is 0 Å². The zero-order valence-corrected chi connectivity index (χ0v) is 14.0. The van der Waals surface area contributed by atoms with Gasteiger partial charge in [0.05, 0.1) is 11.4 Å². The van der Waals surface area contributed by atoms with Gasteiger partial charge in [-0.05, 0) is 42.3 Å². The maximum absolute atomic E-state index is 5.29. The fourth-order valence-electron chi connectivity index (χ4n) is 2.16. The molecule has 124 valence electrons. The molecule has 0 atom stereocenters. The number of aryl methyl sites for hydroxylation is 1. The van der Waals surface area contributed by atoms with E-state index in [1.54, 1.807) is 6.20 Å². The fourth-order valence-corrected chi connectivity index (χ4v) is 2.16. The SMILES string of the molecule is Cc1ccccc1CNCc1ccccn1.NCc1ccccn1. The van der Waals surface area contributed by atoms with Crippen LogP contribution in [0.4, 0.5) is 0 Å². The first-order chi connectivity index (χ1) is 11.8. The van der Waals surface area contributed by atoms with Crippen molar-refractivity contribution in [2.45, 2.75) is 26.6 Å². The molecule has 0 amide bonds. The first-order valence-electron chi connectivity index (χ1n) is 8.04. The average Bonchev–Trinajstić information content (AvgIpc) is 2.65. The summed E-state index contributed by atoms with van der Waals surface area (Å²) in [7, 11) is 0. The van der Waals surface area contributed by atoms with Crippen LogP contribution in [0.15, 0.2) is 73.1 Å². The second-order valence-electron chi connectivity index (χ2n) is 5.38. The number of nitrogens with two attached hydrogens (primary N) is 1. The van der Waals surface area contributed by atoms with Crippen molar-refractivity contribution in [2.75, 3.05) is 0 Å².